The highest BCUT2D eigenvalue weighted by Gasteiger charge is 2.30. The molecule has 0 saturated heterocycles. The van der Waals surface area contributed by atoms with Crippen molar-refractivity contribution in [1.29, 1.82) is 0 Å². The molecule has 8 heteroatoms. The third kappa shape index (κ3) is 5.96. The average molecular weight is 452 g/mol. The third-order valence-corrected chi connectivity index (χ3v) is 5.88. The van der Waals surface area contributed by atoms with E-state index in [2.05, 4.69) is 35.6 Å². The summed E-state index contributed by atoms with van der Waals surface area (Å²) in [7, 11) is 1.37. The number of carbonyl (C=O) groups is 2. The van der Waals surface area contributed by atoms with Gasteiger partial charge in [0.2, 0.25) is 5.91 Å². The van der Waals surface area contributed by atoms with Crippen molar-refractivity contribution in [3.63, 3.8) is 0 Å². The number of amides is 1. The first kappa shape index (κ1) is 24.4. The van der Waals surface area contributed by atoms with Gasteiger partial charge in [0.1, 0.15) is 6.17 Å². The van der Waals surface area contributed by atoms with Crippen molar-refractivity contribution in [2.75, 3.05) is 20.2 Å². The smallest absolute Gasteiger partial charge is 0.337 e. The largest absolute Gasteiger partial charge is 0.465 e. The minimum Gasteiger partial charge on any atom is -0.465 e. The van der Waals surface area contributed by atoms with E-state index < -0.39 is 0 Å². The van der Waals surface area contributed by atoms with Crippen LogP contribution in [0.4, 0.5) is 0 Å². The number of fused-ring (bicyclic) bond motifs is 1. The Balaban J connectivity index is 1.90. The fraction of sp³-hybridized carbons (Fsp3) is 0.440. The van der Waals surface area contributed by atoms with Crippen LogP contribution in [0.25, 0.3) is 5.57 Å². The van der Waals surface area contributed by atoms with E-state index in [1.54, 1.807) is 12.1 Å². The number of nitrogens with two attached hydrogens (primary N) is 1. The van der Waals surface area contributed by atoms with Gasteiger partial charge in [-0.3, -0.25) is 10.1 Å². The maximum absolute atomic E-state index is 13.3. The van der Waals surface area contributed by atoms with E-state index in [-0.39, 0.29) is 24.1 Å². The number of carbonyl (C=O) groups excluding carboxylic acids is 2. The lowest BCUT2D eigenvalue weighted by Crippen LogP contribution is -2.39. The first-order valence-corrected chi connectivity index (χ1v) is 11.5. The Morgan fingerprint density at radius 1 is 1.12 bits per heavy atom. The molecule has 0 saturated carbocycles. The fourth-order valence-electron chi connectivity index (χ4n) is 4.30. The number of hydrogen-bond donors (Lipinski definition) is 2. The van der Waals surface area contributed by atoms with Crippen molar-refractivity contribution < 1.29 is 14.3 Å². The van der Waals surface area contributed by atoms with E-state index in [0.29, 0.717) is 18.4 Å². The molecule has 2 unspecified atom stereocenters. The molecule has 1 aliphatic heterocycles. The van der Waals surface area contributed by atoms with Crippen LogP contribution in [-0.2, 0) is 9.53 Å². The topological polar surface area (TPSA) is 109 Å². The summed E-state index contributed by atoms with van der Waals surface area (Å²) in [5.41, 5.74) is 4.42. The minimum atomic E-state index is -0.382. The Bertz CT molecular complexity index is 972. The molecule has 1 heterocycles. The van der Waals surface area contributed by atoms with Gasteiger partial charge in [0.25, 0.3) is 0 Å². The van der Waals surface area contributed by atoms with Crippen molar-refractivity contribution in [1.82, 2.24) is 10.2 Å². The van der Waals surface area contributed by atoms with Crippen molar-refractivity contribution >= 4 is 17.4 Å². The zero-order valence-corrected chi connectivity index (χ0v) is 19.6. The third-order valence-electron chi connectivity index (χ3n) is 5.88. The second-order valence-electron chi connectivity index (χ2n) is 8.26. The molecule has 176 valence electrons. The average Bonchev–Trinajstić information content (AvgIpc) is 3.02. The highest BCUT2D eigenvalue weighted by Crippen LogP contribution is 2.32. The molecular formula is C25H33N5O3. The van der Waals surface area contributed by atoms with E-state index in [1.165, 1.54) is 7.11 Å². The number of benzene rings is 1. The highest BCUT2D eigenvalue weighted by molar-refractivity contribution is 5.94. The van der Waals surface area contributed by atoms with Gasteiger partial charge in [-0.25, -0.2) is 4.79 Å². The highest BCUT2D eigenvalue weighted by atomic mass is 16.5. The van der Waals surface area contributed by atoms with E-state index in [1.807, 2.05) is 29.2 Å². The van der Waals surface area contributed by atoms with Gasteiger partial charge in [0.15, 0.2) is 0 Å². The Labute approximate surface area is 195 Å². The predicted molar refractivity (Wildman–Crippen MR) is 128 cm³/mol. The number of ether oxygens (including phenoxy) is 1. The standard InChI is InChI=1S/C25H33N5O3/c1-4-12-30(13-5-2)24(31)21-14-20-11-10-19(15-22(20)27-23(16-21)28-29-26)17-6-8-18(9-7-17)25(32)33-3/h6-11,14,22-23,27H,4-5,12-13,15-16H2,1-3H3,(H2,26,28). The van der Waals surface area contributed by atoms with Crippen LogP contribution in [0.3, 0.4) is 0 Å². The molecule has 1 aliphatic carbocycles. The Kier molecular flexibility index (Phi) is 8.54. The normalized spacial score (nSPS) is 20.3. The maximum atomic E-state index is 13.3. The molecule has 0 bridgehead atoms. The van der Waals surface area contributed by atoms with Gasteiger partial charge in [0.05, 0.1) is 12.7 Å². The molecule has 2 aliphatic rings. The summed E-state index contributed by atoms with van der Waals surface area (Å²) < 4.78 is 4.78. The number of allylic oxidation sites excluding steroid dienone is 2. The van der Waals surface area contributed by atoms with Crippen LogP contribution in [0, 0.1) is 0 Å². The first-order chi connectivity index (χ1) is 16.0. The van der Waals surface area contributed by atoms with Crippen LogP contribution in [0.2, 0.25) is 0 Å². The molecule has 0 aromatic heterocycles. The van der Waals surface area contributed by atoms with Crippen LogP contribution in [-0.4, -0.2) is 49.2 Å². The number of nitrogens with zero attached hydrogens (tertiary/aromatic N) is 3. The molecule has 33 heavy (non-hydrogen) atoms. The Morgan fingerprint density at radius 2 is 1.82 bits per heavy atom. The number of esters is 1. The van der Waals surface area contributed by atoms with E-state index in [0.717, 1.165) is 48.2 Å². The molecule has 1 aromatic carbocycles. The molecule has 0 fully saturated rings. The summed E-state index contributed by atoms with van der Waals surface area (Å²) in [6.07, 6.45) is 8.70. The van der Waals surface area contributed by atoms with E-state index in [9.17, 15) is 9.59 Å². The number of rotatable bonds is 8. The monoisotopic (exact) mass is 451 g/mol. The molecular weight excluding hydrogens is 418 g/mol. The van der Waals surface area contributed by atoms with Crippen molar-refractivity contribution in [3.8, 4) is 0 Å². The zero-order chi connectivity index (χ0) is 23.8. The van der Waals surface area contributed by atoms with Crippen LogP contribution < -0.4 is 11.2 Å². The van der Waals surface area contributed by atoms with Gasteiger partial charge < -0.3 is 15.5 Å². The molecule has 2 atom stereocenters. The lowest BCUT2D eigenvalue weighted by molar-refractivity contribution is -0.127. The Hall–Kier alpha value is -3.26. The molecule has 1 amide bonds. The molecule has 8 nitrogen and oxygen atoms in total. The fourth-order valence-corrected chi connectivity index (χ4v) is 4.30. The van der Waals surface area contributed by atoms with Crippen LogP contribution in [0.5, 0.6) is 0 Å². The molecule has 3 rings (SSSR count). The van der Waals surface area contributed by atoms with Gasteiger partial charge in [-0.15, -0.1) is 0 Å². The summed E-state index contributed by atoms with van der Waals surface area (Å²) in [5, 5.41) is 11.1. The number of nitrogens with one attached hydrogen (secondary N) is 1. The van der Waals surface area contributed by atoms with E-state index >= 15 is 0 Å². The maximum Gasteiger partial charge on any atom is 0.337 e. The Morgan fingerprint density at radius 3 is 2.42 bits per heavy atom. The van der Waals surface area contributed by atoms with Crippen LogP contribution >= 0.6 is 0 Å². The summed E-state index contributed by atoms with van der Waals surface area (Å²) >= 11 is 0. The van der Waals surface area contributed by atoms with Crippen LogP contribution in [0.1, 0.15) is 55.5 Å². The van der Waals surface area contributed by atoms with Gasteiger partial charge in [0, 0.05) is 31.1 Å². The molecule has 0 radical (unpaired) electrons. The van der Waals surface area contributed by atoms with Crippen molar-refractivity contribution in [2.45, 2.75) is 51.7 Å². The first-order valence-electron chi connectivity index (χ1n) is 11.5. The van der Waals surface area contributed by atoms with Gasteiger partial charge in [-0.2, -0.15) is 5.11 Å². The predicted octanol–water partition coefficient (Wildman–Crippen LogP) is 3.78. The van der Waals surface area contributed by atoms with Crippen LogP contribution in [0.15, 0.2) is 64.0 Å². The summed E-state index contributed by atoms with van der Waals surface area (Å²) in [5.74, 6) is 5.05. The van der Waals surface area contributed by atoms with Gasteiger partial charge >= 0.3 is 5.97 Å². The second kappa shape index (κ2) is 11.6. The summed E-state index contributed by atoms with van der Waals surface area (Å²) in [4.78, 5) is 26.9. The molecule has 1 aromatic rings. The lowest BCUT2D eigenvalue weighted by Gasteiger charge is -2.25. The molecule has 0 spiro atoms. The van der Waals surface area contributed by atoms with Crippen molar-refractivity contribution in [2.24, 2.45) is 16.2 Å². The van der Waals surface area contributed by atoms with Gasteiger partial charge in [-0.05, 0) is 54.2 Å². The molecule has 3 N–H and O–H groups in total. The lowest BCUT2D eigenvalue weighted by atomic mass is 9.88. The summed E-state index contributed by atoms with van der Waals surface area (Å²) in [6.45, 7) is 5.62. The minimum absolute atomic E-state index is 0.0307. The number of hydrogen-bond acceptors (Lipinski definition) is 6. The SMILES string of the molecule is CCCN(CCC)C(=O)C1=CC2=CC=C(c3ccc(C(=O)OC)cc3)CC2NC(N=NN)C1. The van der Waals surface area contributed by atoms with Crippen molar-refractivity contribution in [3.05, 3.63) is 64.8 Å². The second-order valence-corrected chi connectivity index (χ2v) is 8.26. The zero-order valence-electron chi connectivity index (χ0n) is 19.6. The van der Waals surface area contributed by atoms with E-state index in [4.69, 9.17) is 10.6 Å². The summed E-state index contributed by atoms with van der Waals surface area (Å²) in [6, 6.07) is 7.34. The van der Waals surface area contributed by atoms with Gasteiger partial charge in [-0.1, -0.05) is 43.4 Å². The number of methoxy groups -OCH3 is 1. The quantitative estimate of drug-likeness (QED) is 0.271.